The second kappa shape index (κ2) is 20.6. The van der Waals surface area contributed by atoms with Crippen molar-refractivity contribution in [1.82, 2.24) is 0 Å². The topological polar surface area (TPSA) is 213 Å². The number of ketones is 1. The number of hydrogen-bond acceptors (Lipinski definition) is 19. The van der Waals surface area contributed by atoms with E-state index in [-0.39, 0.29) is 159 Å². The Kier molecular flexibility index (Phi) is 14.0. The van der Waals surface area contributed by atoms with Gasteiger partial charge in [0.2, 0.25) is 0 Å². The van der Waals surface area contributed by atoms with Crippen molar-refractivity contribution < 1.29 is 90.9 Å². The molecule has 444 valence electrons. The minimum atomic E-state index is -0.939. The van der Waals surface area contributed by atoms with Crippen molar-refractivity contribution in [2.75, 3.05) is 6.61 Å². The highest BCUT2D eigenvalue weighted by atomic mass is 16.8. The number of ether oxygens (including phenoxy) is 15. The van der Waals surface area contributed by atoms with E-state index < -0.39 is 66.2 Å². The number of esters is 1. The summed E-state index contributed by atoms with van der Waals surface area (Å²) in [4.78, 5) is 27.0. The SMILES string of the molecule is C=C1C[C@@H]2CCC34C[C@@H]5O[C@H]6[C@H](O[C@H]7CC[C@H](CC(=O)O[C@@H]8[C@@H](C)[C@@H]9O[C@@H]%10CC%11(C[C@@H]%12O[C@]%13(C[C@@H](C)[C@H]%12O%11)C[C@H](C)[C@H]%11O[C@H](CC(=O)CCO)[C@@H](O)C[C@@H]%11O%13)O[C@@H]%10C[C@H]9O[C@H]8C[C@H]8O[C@H](CC[C@@H]1O2)C[C@H](C)C8=C)O[C@H]7[C@H]6O3)[C@H]5O4. The number of carbonyl (C=O) groups excluding carboxylic acids is 2. The summed E-state index contributed by atoms with van der Waals surface area (Å²) >= 11 is 0. The molecular weight excluding hydrogens is 1040 g/mol. The van der Waals surface area contributed by atoms with Crippen molar-refractivity contribution in [2.45, 2.75) is 314 Å². The average Bonchev–Trinajstić information content (AvgIpc) is 4.27. The third-order valence-corrected chi connectivity index (χ3v) is 22.0. The highest BCUT2D eigenvalue weighted by molar-refractivity contribution is 5.79. The number of carbonyl (C=O) groups is 2. The van der Waals surface area contributed by atoms with Gasteiger partial charge in [0, 0.05) is 83.2 Å². The number of hydrogen-bond donors (Lipinski definition) is 2. The van der Waals surface area contributed by atoms with Crippen LogP contribution in [0.3, 0.4) is 0 Å². The predicted octanol–water partition coefficient (Wildman–Crippen LogP) is 5.52. The molecule has 0 aromatic carbocycles. The Morgan fingerprint density at radius 1 is 0.525 bits per heavy atom. The van der Waals surface area contributed by atoms with Crippen molar-refractivity contribution in [1.29, 1.82) is 0 Å². The predicted molar refractivity (Wildman–Crippen MR) is 277 cm³/mol. The molecule has 2 unspecified atom stereocenters. The van der Waals surface area contributed by atoms with Crippen LogP contribution in [0.2, 0.25) is 0 Å². The average molecular weight is 1120 g/mol. The van der Waals surface area contributed by atoms with Crippen LogP contribution in [0.5, 0.6) is 0 Å². The van der Waals surface area contributed by atoms with E-state index in [0.29, 0.717) is 64.2 Å². The molecule has 12 bridgehead atoms. The third-order valence-electron chi connectivity index (χ3n) is 22.0. The maximum atomic E-state index is 14.6. The number of rotatable bonds is 4. The van der Waals surface area contributed by atoms with Gasteiger partial charge in [0.05, 0.1) is 116 Å². The summed E-state index contributed by atoms with van der Waals surface area (Å²) in [6, 6.07) is 0. The fourth-order valence-corrected chi connectivity index (χ4v) is 18.3. The van der Waals surface area contributed by atoms with Crippen LogP contribution in [-0.2, 0) is 80.6 Å². The summed E-state index contributed by atoms with van der Waals surface area (Å²) in [5.41, 5.74) is 2.15. The molecule has 0 saturated carbocycles. The highest BCUT2D eigenvalue weighted by Gasteiger charge is 2.70. The Morgan fingerprint density at radius 2 is 1.20 bits per heavy atom. The quantitative estimate of drug-likeness (QED) is 0.262. The van der Waals surface area contributed by atoms with Gasteiger partial charge in [-0.25, -0.2) is 0 Å². The van der Waals surface area contributed by atoms with Crippen molar-refractivity contribution in [3.05, 3.63) is 24.3 Å². The van der Waals surface area contributed by atoms with Gasteiger partial charge in [-0.1, -0.05) is 40.9 Å². The molecule has 3 spiro atoms. The van der Waals surface area contributed by atoms with E-state index in [2.05, 4.69) is 40.9 Å². The lowest BCUT2D eigenvalue weighted by Crippen LogP contribution is -2.62. The van der Waals surface area contributed by atoms with Crippen molar-refractivity contribution in [3.63, 3.8) is 0 Å². The van der Waals surface area contributed by atoms with Crippen LogP contribution in [0, 0.1) is 23.7 Å². The second-order valence-corrected chi connectivity index (χ2v) is 27.7. The highest BCUT2D eigenvalue weighted by Crippen LogP contribution is 2.58. The summed E-state index contributed by atoms with van der Waals surface area (Å²) in [5.74, 6) is -3.05. The lowest BCUT2D eigenvalue weighted by molar-refractivity contribution is -0.371. The van der Waals surface area contributed by atoms with Gasteiger partial charge < -0.3 is 81.3 Å². The molecule has 0 aromatic rings. The third kappa shape index (κ3) is 9.51. The fourth-order valence-electron chi connectivity index (χ4n) is 18.3. The molecule has 16 fully saturated rings. The van der Waals surface area contributed by atoms with E-state index in [4.69, 9.17) is 71.1 Å². The zero-order valence-corrected chi connectivity index (χ0v) is 47.1. The standard InChI is InChI=1S/C61H86O19/c1-27-15-34-7-9-38-28(2)16-36(66-38)11-13-59-25-47-55(79-59)56-57(73-47)58(80-59)54-39(70-56)10-8-35(68-54)18-49(65)74-53-32(6)52-44(69-43(53)20-40(67-34)31(27)5)21-42-46(72-52)24-61(75-42)26-48-51(78-61)30(4)23-60(77-48)22-29(3)50-45(76-60)19-37(64)41(71-50)17-33(63)12-14-62/h27,29-30,32,34-48,50-58,62,64H,2,5,7-26H2,1,3-4,6H3/t27-,29-,30+,32-,34+,35+,36-,37-,38-,39-,40+,41+,42+,43-,44+,45-,46+,47-,48-,50+,51+,52-,53+,54+,55-,56+,57-,58+,59?,60-,61?/m0/s1. The zero-order valence-electron chi connectivity index (χ0n) is 47.1. The molecule has 0 radical (unpaired) electrons. The van der Waals surface area contributed by atoms with Gasteiger partial charge in [-0.2, -0.15) is 0 Å². The van der Waals surface area contributed by atoms with Crippen molar-refractivity contribution >= 4 is 11.8 Å². The molecule has 16 aliphatic rings. The van der Waals surface area contributed by atoms with E-state index in [1.165, 1.54) is 0 Å². The van der Waals surface area contributed by atoms with Gasteiger partial charge in [-0.15, -0.1) is 0 Å². The van der Waals surface area contributed by atoms with E-state index >= 15 is 0 Å². The van der Waals surface area contributed by atoms with Crippen LogP contribution in [0.1, 0.15) is 150 Å². The first-order valence-corrected chi connectivity index (χ1v) is 31.2. The first kappa shape index (κ1) is 54.6. The molecule has 16 aliphatic heterocycles. The Labute approximate surface area is 469 Å². The summed E-state index contributed by atoms with van der Waals surface area (Å²) in [5, 5.41) is 20.4. The zero-order chi connectivity index (χ0) is 54.7. The van der Waals surface area contributed by atoms with Gasteiger partial charge >= 0.3 is 5.97 Å². The van der Waals surface area contributed by atoms with Crippen molar-refractivity contribution in [3.8, 4) is 0 Å². The molecule has 19 heteroatoms. The Bertz CT molecular complexity index is 2410. The molecule has 0 aromatic heterocycles. The maximum absolute atomic E-state index is 14.6. The summed E-state index contributed by atoms with van der Waals surface area (Å²) in [6.45, 7) is 17.6. The Balaban J connectivity index is 0.652. The van der Waals surface area contributed by atoms with Crippen LogP contribution in [0.15, 0.2) is 24.3 Å². The van der Waals surface area contributed by atoms with Gasteiger partial charge in [0.25, 0.3) is 0 Å². The first-order valence-electron chi connectivity index (χ1n) is 31.2. The number of aliphatic hydroxyl groups is 2. The number of fused-ring (bicyclic) bond motifs is 10. The van der Waals surface area contributed by atoms with E-state index in [9.17, 15) is 19.8 Å². The normalized spacial score (nSPS) is 56.9. The first-order chi connectivity index (χ1) is 38.5. The molecule has 16 saturated heterocycles. The molecule has 16 rings (SSSR count). The fraction of sp³-hybridized carbons (Fsp3) is 0.902. The summed E-state index contributed by atoms with van der Waals surface area (Å²) in [7, 11) is 0. The summed E-state index contributed by atoms with van der Waals surface area (Å²) < 4.78 is 104. The van der Waals surface area contributed by atoms with Gasteiger partial charge in [-0.3, -0.25) is 9.59 Å². The van der Waals surface area contributed by atoms with E-state index in [0.717, 1.165) is 49.7 Å². The van der Waals surface area contributed by atoms with Gasteiger partial charge in [0.15, 0.2) is 17.4 Å². The molecule has 0 amide bonds. The summed E-state index contributed by atoms with van der Waals surface area (Å²) in [6.07, 6.45) is 2.59. The van der Waals surface area contributed by atoms with Crippen LogP contribution in [-0.4, -0.2) is 192 Å². The Morgan fingerprint density at radius 3 is 2.05 bits per heavy atom. The minimum Gasteiger partial charge on any atom is -0.459 e. The molecule has 31 atom stereocenters. The molecule has 16 heterocycles. The van der Waals surface area contributed by atoms with Crippen LogP contribution in [0.4, 0.5) is 0 Å². The van der Waals surface area contributed by atoms with Crippen LogP contribution in [0.25, 0.3) is 0 Å². The largest absolute Gasteiger partial charge is 0.459 e. The number of aliphatic hydroxyl groups excluding tert-OH is 2. The van der Waals surface area contributed by atoms with Crippen LogP contribution >= 0.6 is 0 Å². The molecule has 0 aliphatic carbocycles. The van der Waals surface area contributed by atoms with Crippen LogP contribution < -0.4 is 0 Å². The van der Waals surface area contributed by atoms with E-state index in [1.54, 1.807) is 0 Å². The molecular formula is C61H86O19. The van der Waals surface area contributed by atoms with Gasteiger partial charge in [-0.05, 0) is 73.8 Å². The van der Waals surface area contributed by atoms with E-state index in [1.807, 2.05) is 0 Å². The minimum absolute atomic E-state index is 0.0122. The second-order valence-electron chi connectivity index (χ2n) is 27.7. The molecule has 80 heavy (non-hydrogen) atoms. The lowest BCUT2D eigenvalue weighted by atomic mass is 9.78. The molecule has 2 N–H and O–H groups in total. The smallest absolute Gasteiger partial charge is 0.308 e. The monoisotopic (exact) mass is 1120 g/mol. The maximum Gasteiger partial charge on any atom is 0.308 e. The lowest BCUT2D eigenvalue weighted by Gasteiger charge is -2.54. The molecule has 19 nitrogen and oxygen atoms in total. The Hall–Kier alpha value is -2.02. The number of Topliss-reactive ketones (excluding diaryl/α,β-unsaturated/α-hetero) is 1. The van der Waals surface area contributed by atoms with Gasteiger partial charge in [0.1, 0.15) is 42.4 Å². The van der Waals surface area contributed by atoms with Crippen molar-refractivity contribution in [2.24, 2.45) is 23.7 Å².